The zero-order valence-electron chi connectivity index (χ0n) is 11.6. The Hall–Kier alpha value is -1.31. The van der Waals surface area contributed by atoms with Gasteiger partial charge in [-0.3, -0.25) is 4.79 Å². The number of hydrogen-bond acceptors (Lipinski definition) is 4. The number of hydrogen-bond donors (Lipinski definition) is 3. The Labute approximate surface area is 119 Å². The van der Waals surface area contributed by atoms with Crippen LogP contribution in [0.25, 0.3) is 0 Å². The topological polar surface area (TPSA) is 113 Å². The highest BCUT2D eigenvalue weighted by Crippen LogP contribution is 2.18. The quantitative estimate of drug-likeness (QED) is 0.634. The summed E-state index contributed by atoms with van der Waals surface area (Å²) in [4.78, 5) is 21.9. The van der Waals surface area contributed by atoms with Gasteiger partial charge in [0.15, 0.2) is 9.84 Å². The number of carboxylic acid groups (broad SMARTS) is 1. The van der Waals surface area contributed by atoms with Crippen molar-refractivity contribution in [3.05, 3.63) is 0 Å². The molecule has 1 heterocycles. The first-order valence-electron chi connectivity index (χ1n) is 6.79. The van der Waals surface area contributed by atoms with Gasteiger partial charge in [-0.2, -0.15) is 0 Å². The van der Waals surface area contributed by atoms with E-state index in [4.69, 9.17) is 5.11 Å². The zero-order chi connectivity index (χ0) is 15.2. The van der Waals surface area contributed by atoms with E-state index >= 15 is 0 Å². The Balaban J connectivity index is 2.21. The van der Waals surface area contributed by atoms with Gasteiger partial charge < -0.3 is 15.7 Å². The summed E-state index contributed by atoms with van der Waals surface area (Å²) in [7, 11) is -3.04. The monoisotopic (exact) mass is 306 g/mol. The minimum Gasteiger partial charge on any atom is -0.481 e. The second-order valence-electron chi connectivity index (χ2n) is 5.17. The normalized spacial score (nSPS) is 22.1. The molecule has 0 aliphatic carbocycles. The molecule has 2 unspecified atom stereocenters. The van der Waals surface area contributed by atoms with Gasteiger partial charge in [-0.25, -0.2) is 13.2 Å². The van der Waals surface area contributed by atoms with Gasteiger partial charge in [0.25, 0.3) is 0 Å². The SMILES string of the molecule is CC(CCCC(=O)O)NC(=O)NCC1CCCS1(=O)=O. The van der Waals surface area contributed by atoms with Gasteiger partial charge in [0.1, 0.15) is 0 Å². The van der Waals surface area contributed by atoms with Crippen molar-refractivity contribution in [2.24, 2.45) is 0 Å². The smallest absolute Gasteiger partial charge is 0.315 e. The van der Waals surface area contributed by atoms with E-state index in [1.165, 1.54) is 0 Å². The molecular formula is C12H22N2O5S. The number of carbonyl (C=O) groups excluding carboxylic acids is 1. The van der Waals surface area contributed by atoms with Crippen LogP contribution in [0.4, 0.5) is 4.79 Å². The van der Waals surface area contributed by atoms with Crippen LogP contribution >= 0.6 is 0 Å². The summed E-state index contributed by atoms with van der Waals surface area (Å²) in [6, 6.07) is -0.551. The Bertz CT molecular complexity index is 449. The lowest BCUT2D eigenvalue weighted by molar-refractivity contribution is -0.137. The Morgan fingerprint density at radius 2 is 2.10 bits per heavy atom. The van der Waals surface area contributed by atoms with Crippen LogP contribution in [0.1, 0.15) is 39.0 Å². The van der Waals surface area contributed by atoms with Gasteiger partial charge in [0.05, 0.1) is 11.0 Å². The molecule has 0 bridgehead atoms. The standard InChI is InChI=1S/C12H22N2O5S/c1-9(4-2-6-11(15)16)14-12(17)13-8-10-5-3-7-20(10,18)19/h9-10H,2-8H2,1H3,(H,15,16)(H2,13,14,17). The van der Waals surface area contributed by atoms with Crippen LogP contribution in [-0.4, -0.2) is 49.1 Å². The molecule has 0 spiro atoms. The van der Waals surface area contributed by atoms with Gasteiger partial charge in [-0.05, 0) is 32.6 Å². The fourth-order valence-electron chi connectivity index (χ4n) is 2.20. The number of carbonyl (C=O) groups is 2. The second kappa shape index (κ2) is 7.47. The number of aliphatic carboxylic acids is 1. The molecule has 1 saturated heterocycles. The third kappa shape index (κ3) is 5.77. The van der Waals surface area contributed by atoms with Crippen LogP contribution in [0.3, 0.4) is 0 Å². The molecule has 7 nitrogen and oxygen atoms in total. The molecule has 2 amide bonds. The molecule has 1 rings (SSSR count). The van der Waals surface area contributed by atoms with Crippen LogP contribution in [0.5, 0.6) is 0 Å². The summed E-state index contributed by atoms with van der Waals surface area (Å²) in [6.45, 7) is 1.92. The number of rotatable bonds is 7. The maximum atomic E-state index is 11.6. The summed E-state index contributed by atoms with van der Waals surface area (Å²) in [5.74, 6) is -0.653. The van der Waals surface area contributed by atoms with E-state index in [0.29, 0.717) is 25.7 Å². The molecular weight excluding hydrogens is 284 g/mol. The van der Waals surface area contributed by atoms with Gasteiger partial charge in [0.2, 0.25) is 0 Å². The highest BCUT2D eigenvalue weighted by molar-refractivity contribution is 7.92. The minimum absolute atomic E-state index is 0.0773. The Morgan fingerprint density at radius 1 is 1.40 bits per heavy atom. The second-order valence-corrected chi connectivity index (χ2v) is 7.57. The molecule has 2 atom stereocenters. The zero-order valence-corrected chi connectivity index (χ0v) is 12.4. The third-order valence-electron chi connectivity index (χ3n) is 3.36. The van der Waals surface area contributed by atoms with E-state index in [0.717, 1.165) is 0 Å². The van der Waals surface area contributed by atoms with Gasteiger partial charge in [-0.15, -0.1) is 0 Å². The largest absolute Gasteiger partial charge is 0.481 e. The molecule has 0 aromatic rings. The molecule has 0 aromatic heterocycles. The molecule has 20 heavy (non-hydrogen) atoms. The van der Waals surface area contributed by atoms with Crippen molar-refractivity contribution in [3.8, 4) is 0 Å². The number of amides is 2. The fourth-order valence-corrected chi connectivity index (χ4v) is 3.97. The maximum Gasteiger partial charge on any atom is 0.315 e. The predicted octanol–water partition coefficient (Wildman–Crippen LogP) is 0.506. The van der Waals surface area contributed by atoms with Gasteiger partial charge in [-0.1, -0.05) is 0 Å². The minimum atomic E-state index is -3.04. The van der Waals surface area contributed by atoms with Crippen LogP contribution in [0, 0.1) is 0 Å². The molecule has 1 aliphatic heterocycles. The lowest BCUT2D eigenvalue weighted by atomic mass is 10.1. The fraction of sp³-hybridized carbons (Fsp3) is 0.833. The van der Waals surface area contributed by atoms with Crippen molar-refractivity contribution < 1.29 is 23.1 Å². The molecule has 0 aromatic carbocycles. The van der Waals surface area contributed by atoms with Crippen molar-refractivity contribution in [1.29, 1.82) is 0 Å². The summed E-state index contributed by atoms with van der Waals surface area (Å²) in [5.41, 5.74) is 0. The van der Waals surface area contributed by atoms with E-state index in [1.807, 2.05) is 0 Å². The first-order valence-corrected chi connectivity index (χ1v) is 8.50. The van der Waals surface area contributed by atoms with Gasteiger partial charge >= 0.3 is 12.0 Å². The summed E-state index contributed by atoms with van der Waals surface area (Å²) < 4.78 is 23.1. The maximum absolute atomic E-state index is 11.6. The van der Waals surface area contributed by atoms with Crippen LogP contribution in [-0.2, 0) is 14.6 Å². The van der Waals surface area contributed by atoms with Crippen molar-refractivity contribution >= 4 is 21.8 Å². The number of sulfone groups is 1. The lowest BCUT2D eigenvalue weighted by Crippen LogP contribution is -2.44. The summed E-state index contributed by atoms with van der Waals surface area (Å²) in [6.07, 6.45) is 2.39. The summed E-state index contributed by atoms with van der Waals surface area (Å²) >= 11 is 0. The van der Waals surface area contributed by atoms with E-state index in [2.05, 4.69) is 10.6 Å². The Kier molecular flexibility index (Phi) is 6.25. The number of urea groups is 1. The molecule has 116 valence electrons. The van der Waals surface area contributed by atoms with E-state index < -0.39 is 27.1 Å². The summed E-state index contributed by atoms with van der Waals surface area (Å²) in [5, 5.41) is 13.3. The Morgan fingerprint density at radius 3 is 2.65 bits per heavy atom. The van der Waals surface area contributed by atoms with Crippen molar-refractivity contribution in [2.45, 2.75) is 50.3 Å². The van der Waals surface area contributed by atoms with E-state index in [1.54, 1.807) is 6.92 Å². The number of carboxylic acids is 1. The molecule has 8 heteroatoms. The molecule has 1 fully saturated rings. The van der Waals surface area contributed by atoms with E-state index in [9.17, 15) is 18.0 Å². The lowest BCUT2D eigenvalue weighted by Gasteiger charge is -2.16. The average molecular weight is 306 g/mol. The predicted molar refractivity (Wildman–Crippen MR) is 74.3 cm³/mol. The molecule has 0 radical (unpaired) electrons. The average Bonchev–Trinajstić information content (AvgIpc) is 2.65. The molecule has 3 N–H and O–H groups in total. The first-order chi connectivity index (χ1) is 9.31. The van der Waals surface area contributed by atoms with Crippen molar-refractivity contribution in [3.63, 3.8) is 0 Å². The number of nitrogens with one attached hydrogen (secondary N) is 2. The van der Waals surface area contributed by atoms with Crippen molar-refractivity contribution in [1.82, 2.24) is 10.6 Å². The van der Waals surface area contributed by atoms with Crippen LogP contribution in [0.15, 0.2) is 0 Å². The van der Waals surface area contributed by atoms with E-state index in [-0.39, 0.29) is 24.8 Å². The highest BCUT2D eigenvalue weighted by Gasteiger charge is 2.31. The first kappa shape index (κ1) is 16.7. The highest BCUT2D eigenvalue weighted by atomic mass is 32.2. The van der Waals surface area contributed by atoms with Crippen molar-refractivity contribution in [2.75, 3.05) is 12.3 Å². The van der Waals surface area contributed by atoms with Crippen LogP contribution in [0.2, 0.25) is 0 Å². The third-order valence-corrected chi connectivity index (χ3v) is 5.63. The molecule has 1 aliphatic rings. The van der Waals surface area contributed by atoms with Gasteiger partial charge in [0, 0.05) is 19.0 Å². The molecule has 0 saturated carbocycles. The van der Waals surface area contributed by atoms with Crippen LogP contribution < -0.4 is 10.6 Å².